The third-order valence-corrected chi connectivity index (χ3v) is 5.14. The van der Waals surface area contributed by atoms with Crippen LogP contribution in [0.25, 0.3) is 0 Å². The third kappa shape index (κ3) is 2.05. The highest BCUT2D eigenvalue weighted by molar-refractivity contribution is 8.06. The fraction of sp³-hybridized carbons (Fsp3) is 0.364. The summed E-state index contributed by atoms with van der Waals surface area (Å²) < 4.78 is 24.5. The summed E-state index contributed by atoms with van der Waals surface area (Å²) in [5.74, 6) is 0. The van der Waals surface area contributed by atoms with Crippen molar-refractivity contribution in [3.05, 3.63) is 30.3 Å². The van der Waals surface area contributed by atoms with Crippen LogP contribution >= 0.6 is 11.6 Å². The van der Waals surface area contributed by atoms with E-state index in [-0.39, 0.29) is 9.94 Å². The van der Waals surface area contributed by atoms with Crippen molar-refractivity contribution >= 4 is 26.5 Å². The molecule has 1 aromatic rings. The molecule has 1 heterocycles. The molecule has 2 rings (SSSR count). The molecule has 0 radical (unpaired) electrons. The van der Waals surface area contributed by atoms with Crippen LogP contribution in [0, 0.1) is 0 Å². The van der Waals surface area contributed by atoms with E-state index >= 15 is 0 Å². The molecule has 1 unspecified atom stereocenters. The first kappa shape index (κ1) is 12.4. The zero-order valence-electron chi connectivity index (χ0n) is 9.42. The molecule has 0 amide bonds. The van der Waals surface area contributed by atoms with Gasteiger partial charge in [-0.25, -0.2) is 8.42 Å². The van der Waals surface area contributed by atoms with E-state index in [0.29, 0.717) is 0 Å². The maximum Gasteiger partial charge on any atom is 0.224 e. The van der Waals surface area contributed by atoms with Crippen molar-refractivity contribution in [3.8, 4) is 0 Å². The number of benzene rings is 1. The predicted molar refractivity (Wildman–Crippen MR) is 65.9 cm³/mol. The number of oxime groups is 1. The normalized spacial score (nSPS) is 23.0. The molecule has 0 aliphatic carbocycles. The number of hydrogen-bond acceptors (Lipinski definition) is 4. The van der Waals surface area contributed by atoms with Crippen molar-refractivity contribution in [2.45, 2.75) is 29.7 Å². The molecule has 1 aliphatic rings. The van der Waals surface area contributed by atoms with Crippen LogP contribution in [0.15, 0.2) is 40.4 Å². The van der Waals surface area contributed by atoms with Gasteiger partial charge in [-0.2, -0.15) is 0 Å². The van der Waals surface area contributed by atoms with E-state index in [1.807, 2.05) is 0 Å². The summed E-state index contributed by atoms with van der Waals surface area (Å²) in [6, 6.07) is 8.06. The van der Waals surface area contributed by atoms with Gasteiger partial charge in [0.2, 0.25) is 9.84 Å². The number of halogens is 1. The van der Waals surface area contributed by atoms with Gasteiger partial charge in [0.05, 0.1) is 4.90 Å². The van der Waals surface area contributed by atoms with E-state index in [9.17, 15) is 8.42 Å². The summed E-state index contributed by atoms with van der Waals surface area (Å²) >= 11 is 6.07. The van der Waals surface area contributed by atoms with Gasteiger partial charge in [-0.3, -0.25) is 0 Å². The van der Waals surface area contributed by atoms with Crippen LogP contribution in [0.5, 0.6) is 0 Å². The average Bonchev–Trinajstić information content (AvgIpc) is 2.56. The van der Waals surface area contributed by atoms with E-state index < -0.39 is 20.8 Å². The summed E-state index contributed by atoms with van der Waals surface area (Å²) in [6.07, 6.45) is 0. The Bertz CT molecular complexity index is 551. The first-order chi connectivity index (χ1) is 7.86. The fourth-order valence-corrected chi connectivity index (χ4v) is 3.34. The van der Waals surface area contributed by atoms with Crippen LogP contribution in [0.3, 0.4) is 0 Å². The largest absolute Gasteiger partial charge is 0.387 e. The van der Waals surface area contributed by atoms with Crippen LogP contribution < -0.4 is 0 Å². The molecule has 6 heteroatoms. The summed E-state index contributed by atoms with van der Waals surface area (Å²) in [7, 11) is -3.67. The Kier molecular flexibility index (Phi) is 2.91. The topological polar surface area (TPSA) is 55.7 Å². The second kappa shape index (κ2) is 3.99. The lowest BCUT2D eigenvalue weighted by atomic mass is 10.1. The summed E-state index contributed by atoms with van der Waals surface area (Å²) in [4.78, 5) is 5.22. The molecule has 0 saturated carbocycles. The maximum atomic E-state index is 12.2. The monoisotopic (exact) mass is 273 g/mol. The molecule has 0 bridgehead atoms. The van der Waals surface area contributed by atoms with E-state index in [2.05, 4.69) is 5.16 Å². The van der Waals surface area contributed by atoms with Crippen molar-refractivity contribution in [2.75, 3.05) is 0 Å². The predicted octanol–water partition coefficient (Wildman–Crippen LogP) is 2.19. The molecular formula is C11H12ClNO3S. The Balaban J connectivity index is 2.43. The molecule has 17 heavy (non-hydrogen) atoms. The van der Waals surface area contributed by atoms with Gasteiger partial charge in [-0.1, -0.05) is 23.4 Å². The highest BCUT2D eigenvalue weighted by Crippen LogP contribution is 2.32. The van der Waals surface area contributed by atoms with Crippen molar-refractivity contribution in [3.63, 3.8) is 0 Å². The second-order valence-electron chi connectivity index (χ2n) is 4.30. The molecule has 0 saturated heterocycles. The van der Waals surface area contributed by atoms with Gasteiger partial charge < -0.3 is 4.84 Å². The quantitative estimate of drug-likeness (QED) is 0.737. The van der Waals surface area contributed by atoms with E-state index in [4.69, 9.17) is 16.4 Å². The molecule has 0 N–H and O–H groups in total. The SMILES string of the molecule is CC1(C)ON=C(S(=O)(=O)c2ccccc2)C1Cl. The second-order valence-corrected chi connectivity index (χ2v) is 6.64. The van der Waals surface area contributed by atoms with Crippen LogP contribution in [-0.2, 0) is 14.7 Å². The maximum absolute atomic E-state index is 12.2. The molecule has 0 fully saturated rings. The number of nitrogens with zero attached hydrogens (tertiary/aromatic N) is 1. The minimum Gasteiger partial charge on any atom is -0.387 e. The first-order valence-electron chi connectivity index (χ1n) is 5.06. The lowest BCUT2D eigenvalue weighted by molar-refractivity contribution is 0.0144. The van der Waals surface area contributed by atoms with Gasteiger partial charge in [0.25, 0.3) is 0 Å². The van der Waals surface area contributed by atoms with Crippen molar-refractivity contribution < 1.29 is 13.3 Å². The Morgan fingerprint density at radius 1 is 1.29 bits per heavy atom. The van der Waals surface area contributed by atoms with Crippen molar-refractivity contribution in [2.24, 2.45) is 5.16 Å². The lowest BCUT2D eigenvalue weighted by Gasteiger charge is -2.19. The van der Waals surface area contributed by atoms with Gasteiger partial charge in [-0.15, -0.1) is 11.6 Å². The van der Waals surface area contributed by atoms with E-state index in [0.717, 1.165) is 0 Å². The Morgan fingerprint density at radius 3 is 2.35 bits per heavy atom. The first-order valence-corrected chi connectivity index (χ1v) is 6.98. The van der Waals surface area contributed by atoms with Crippen LogP contribution in [0.2, 0.25) is 0 Å². The fourth-order valence-electron chi connectivity index (χ4n) is 1.46. The summed E-state index contributed by atoms with van der Waals surface area (Å²) in [5, 5.41) is 2.70. The van der Waals surface area contributed by atoms with Gasteiger partial charge >= 0.3 is 0 Å². The van der Waals surface area contributed by atoms with Crippen molar-refractivity contribution in [1.82, 2.24) is 0 Å². The lowest BCUT2D eigenvalue weighted by Crippen LogP contribution is -2.36. The number of alkyl halides is 1. The van der Waals surface area contributed by atoms with Crippen LogP contribution in [0.4, 0.5) is 0 Å². The molecule has 1 atom stereocenters. The number of sulfone groups is 1. The average molecular weight is 274 g/mol. The smallest absolute Gasteiger partial charge is 0.224 e. The van der Waals surface area contributed by atoms with Crippen LogP contribution in [-0.4, -0.2) is 24.4 Å². The van der Waals surface area contributed by atoms with Gasteiger partial charge in [0.1, 0.15) is 5.38 Å². The molecule has 92 valence electrons. The molecule has 0 aromatic heterocycles. The third-order valence-electron chi connectivity index (χ3n) is 2.53. The highest BCUT2D eigenvalue weighted by atomic mass is 35.5. The number of hydrogen-bond donors (Lipinski definition) is 0. The van der Waals surface area contributed by atoms with E-state index in [1.54, 1.807) is 32.0 Å². The molecule has 0 spiro atoms. The molecule has 4 nitrogen and oxygen atoms in total. The Labute approximate surface area is 105 Å². The summed E-state index contributed by atoms with van der Waals surface area (Å²) in [5.41, 5.74) is -0.807. The Morgan fingerprint density at radius 2 is 1.88 bits per heavy atom. The van der Waals surface area contributed by atoms with Gasteiger partial charge in [0.15, 0.2) is 10.6 Å². The van der Waals surface area contributed by atoms with Gasteiger partial charge in [0, 0.05) is 0 Å². The zero-order chi connectivity index (χ0) is 12.7. The zero-order valence-corrected chi connectivity index (χ0v) is 11.0. The molecular weight excluding hydrogens is 262 g/mol. The van der Waals surface area contributed by atoms with Crippen molar-refractivity contribution in [1.29, 1.82) is 0 Å². The van der Waals surface area contributed by atoms with Crippen LogP contribution in [0.1, 0.15) is 13.8 Å². The minimum absolute atomic E-state index is 0.129. The Hall–Kier alpha value is -1.07. The highest BCUT2D eigenvalue weighted by Gasteiger charge is 2.46. The van der Waals surface area contributed by atoms with E-state index in [1.165, 1.54) is 12.1 Å². The summed E-state index contributed by atoms with van der Waals surface area (Å²) in [6.45, 7) is 3.39. The molecule has 1 aliphatic heterocycles. The number of rotatable bonds is 1. The standard InChI is InChI=1S/C11H12ClNO3S/c1-11(2)9(12)10(13-16-11)17(14,15)8-6-4-3-5-7-8/h3-7,9H,1-2H3. The van der Waals surface area contributed by atoms with Gasteiger partial charge in [-0.05, 0) is 26.0 Å². The molecule has 1 aromatic carbocycles. The minimum atomic E-state index is -3.67.